The van der Waals surface area contributed by atoms with E-state index < -0.39 is 0 Å². The first-order chi connectivity index (χ1) is 23.0. The van der Waals surface area contributed by atoms with Crippen LogP contribution in [0.2, 0.25) is 0 Å². The minimum absolute atomic E-state index is 0.167. The van der Waals surface area contributed by atoms with Crippen LogP contribution in [0.1, 0.15) is 64.0 Å². The molecule has 1 heterocycles. The second-order valence-corrected chi connectivity index (χ2v) is 13.4. The summed E-state index contributed by atoms with van der Waals surface area (Å²) in [6.45, 7) is 7.24. The van der Waals surface area contributed by atoms with Crippen molar-refractivity contribution < 1.29 is 0 Å². The van der Waals surface area contributed by atoms with E-state index in [2.05, 4.69) is 69.3 Å². The molecule has 0 aliphatic heterocycles. The molecule has 0 spiro atoms. The van der Waals surface area contributed by atoms with Gasteiger partial charge in [-0.2, -0.15) is 5.26 Å². The summed E-state index contributed by atoms with van der Waals surface area (Å²) in [7, 11) is 0. The summed E-state index contributed by atoms with van der Waals surface area (Å²) in [4.78, 5) is 14.6. The van der Waals surface area contributed by atoms with Gasteiger partial charge in [-0.1, -0.05) is 137 Å². The molecule has 1 aliphatic rings. The first kappa shape index (κ1) is 30.5. The second kappa shape index (κ2) is 12.9. The summed E-state index contributed by atoms with van der Waals surface area (Å²) in [5.74, 6) is 3.07. The Hall–Kier alpha value is -5.14. The van der Waals surface area contributed by atoms with Crippen LogP contribution < -0.4 is 0 Å². The van der Waals surface area contributed by atoms with Crippen molar-refractivity contribution in [1.82, 2.24) is 15.0 Å². The summed E-state index contributed by atoms with van der Waals surface area (Å²) in [6.07, 6.45) is 6.21. The third kappa shape index (κ3) is 5.95. The molecule has 0 radical (unpaired) electrons. The van der Waals surface area contributed by atoms with Gasteiger partial charge < -0.3 is 0 Å². The largest absolute Gasteiger partial charge is 0.208 e. The molecule has 1 fully saturated rings. The molecule has 0 saturated heterocycles. The maximum Gasteiger partial charge on any atom is 0.165 e. The van der Waals surface area contributed by atoms with Crippen molar-refractivity contribution in [2.75, 3.05) is 0 Å². The molecule has 4 nitrogen and oxygen atoms in total. The molecule has 0 bridgehead atoms. The molecular formula is C43H40N4. The third-order valence-electron chi connectivity index (χ3n) is 10.2. The summed E-state index contributed by atoms with van der Waals surface area (Å²) in [6, 6.07) is 41.9. The maximum atomic E-state index is 10.5. The molecule has 0 N–H and O–H groups in total. The average molecular weight is 613 g/mol. The Morgan fingerprint density at radius 1 is 0.617 bits per heavy atom. The minimum Gasteiger partial charge on any atom is -0.208 e. The van der Waals surface area contributed by atoms with Gasteiger partial charge in [-0.05, 0) is 76.1 Å². The molecule has 47 heavy (non-hydrogen) atoms. The number of hydrogen-bond donors (Lipinski definition) is 0. The highest BCUT2D eigenvalue weighted by Crippen LogP contribution is 2.48. The fourth-order valence-electron chi connectivity index (χ4n) is 7.83. The Balaban J connectivity index is 1.35. The van der Waals surface area contributed by atoms with Crippen molar-refractivity contribution in [2.45, 2.75) is 58.3 Å². The topological polar surface area (TPSA) is 62.5 Å². The molecule has 6 aromatic rings. The van der Waals surface area contributed by atoms with Crippen molar-refractivity contribution in [3.8, 4) is 51.4 Å². The minimum atomic E-state index is 0.167. The summed E-state index contributed by atoms with van der Waals surface area (Å²) in [5, 5.41) is 13.0. The monoisotopic (exact) mass is 612 g/mol. The molecule has 7 rings (SSSR count). The quantitative estimate of drug-likeness (QED) is 0.176. The van der Waals surface area contributed by atoms with E-state index >= 15 is 0 Å². The van der Waals surface area contributed by atoms with Crippen LogP contribution in [0.25, 0.3) is 56.1 Å². The van der Waals surface area contributed by atoms with Crippen molar-refractivity contribution >= 4 is 10.8 Å². The van der Waals surface area contributed by atoms with E-state index in [4.69, 9.17) is 15.0 Å². The van der Waals surface area contributed by atoms with Crippen LogP contribution in [0.4, 0.5) is 0 Å². The molecule has 1 aromatic heterocycles. The van der Waals surface area contributed by atoms with Crippen molar-refractivity contribution in [1.29, 1.82) is 5.26 Å². The zero-order chi connectivity index (χ0) is 32.4. The number of benzene rings is 5. The van der Waals surface area contributed by atoms with Crippen LogP contribution in [0.15, 0.2) is 115 Å². The molecule has 0 amide bonds. The Kier molecular flexibility index (Phi) is 8.39. The number of nitriles is 1. The molecule has 4 heteroatoms. The van der Waals surface area contributed by atoms with Gasteiger partial charge in [0.25, 0.3) is 0 Å². The van der Waals surface area contributed by atoms with Gasteiger partial charge >= 0.3 is 0 Å². The Labute approximate surface area is 278 Å². The van der Waals surface area contributed by atoms with Gasteiger partial charge in [-0.3, -0.25) is 0 Å². The van der Waals surface area contributed by atoms with Crippen LogP contribution in [0.3, 0.4) is 0 Å². The van der Waals surface area contributed by atoms with Crippen LogP contribution in [-0.4, -0.2) is 15.0 Å². The van der Waals surface area contributed by atoms with E-state index in [1.165, 1.54) is 42.0 Å². The summed E-state index contributed by atoms with van der Waals surface area (Å²) < 4.78 is 0. The normalized spacial score (nSPS) is 19.6. The Bertz CT molecular complexity index is 2010. The Morgan fingerprint density at radius 3 is 1.72 bits per heavy atom. The van der Waals surface area contributed by atoms with E-state index in [1.807, 2.05) is 72.8 Å². The summed E-state index contributed by atoms with van der Waals surface area (Å²) >= 11 is 0. The van der Waals surface area contributed by atoms with Crippen molar-refractivity contribution in [2.24, 2.45) is 11.8 Å². The molecule has 5 aromatic carbocycles. The van der Waals surface area contributed by atoms with Crippen LogP contribution in [-0.2, 0) is 5.41 Å². The molecular weight excluding hydrogens is 573 g/mol. The zero-order valence-corrected chi connectivity index (χ0v) is 27.4. The highest BCUT2D eigenvalue weighted by Gasteiger charge is 2.37. The van der Waals surface area contributed by atoms with Crippen LogP contribution >= 0.6 is 0 Å². The maximum absolute atomic E-state index is 10.5. The third-order valence-corrected chi connectivity index (χ3v) is 10.2. The van der Waals surface area contributed by atoms with Crippen molar-refractivity contribution in [3.05, 3.63) is 126 Å². The van der Waals surface area contributed by atoms with Gasteiger partial charge in [0.1, 0.15) is 0 Å². The highest BCUT2D eigenvalue weighted by molar-refractivity contribution is 5.99. The highest BCUT2D eigenvalue weighted by atomic mass is 15.0. The van der Waals surface area contributed by atoms with Crippen LogP contribution in [0, 0.1) is 23.2 Å². The van der Waals surface area contributed by atoms with E-state index in [-0.39, 0.29) is 5.41 Å². The van der Waals surface area contributed by atoms with Gasteiger partial charge in [-0.25, -0.2) is 15.0 Å². The number of rotatable bonds is 6. The molecule has 1 saturated carbocycles. The van der Waals surface area contributed by atoms with Crippen LogP contribution in [0.5, 0.6) is 0 Å². The number of fused-ring (bicyclic) bond motifs is 1. The number of nitrogens with zero attached hydrogens (tertiary/aromatic N) is 4. The van der Waals surface area contributed by atoms with Crippen molar-refractivity contribution in [3.63, 3.8) is 0 Å². The lowest BCUT2D eigenvalue weighted by Gasteiger charge is -2.37. The fraction of sp³-hybridized carbons (Fsp3) is 0.256. The predicted octanol–water partition coefficient (Wildman–Crippen LogP) is 11.1. The number of aromatic nitrogens is 3. The SMILES string of the molecule is CCC1(c2ccc(-c3ccc(-c4nc(-c5ccccc5)nc(-c5ccccc5)n4)c(C#N)c3)c3ccccc23)C[C@H](C)CC[C@H](C)C1. The van der Waals surface area contributed by atoms with Gasteiger partial charge in [0, 0.05) is 16.7 Å². The van der Waals surface area contributed by atoms with E-state index in [0.29, 0.717) is 40.4 Å². The van der Waals surface area contributed by atoms with E-state index in [1.54, 1.807) is 0 Å². The van der Waals surface area contributed by atoms with Gasteiger partial charge in [0.15, 0.2) is 17.5 Å². The molecule has 3 atom stereocenters. The Morgan fingerprint density at radius 2 is 1.15 bits per heavy atom. The van der Waals surface area contributed by atoms with Gasteiger partial charge in [0.05, 0.1) is 11.6 Å². The second-order valence-electron chi connectivity index (χ2n) is 13.4. The fourth-order valence-corrected chi connectivity index (χ4v) is 7.83. The average Bonchev–Trinajstić information content (AvgIpc) is 3.28. The lowest BCUT2D eigenvalue weighted by molar-refractivity contribution is 0.297. The van der Waals surface area contributed by atoms with E-state index in [9.17, 15) is 5.26 Å². The summed E-state index contributed by atoms with van der Waals surface area (Å²) in [5.41, 5.74) is 6.83. The first-order valence-corrected chi connectivity index (χ1v) is 16.9. The zero-order valence-electron chi connectivity index (χ0n) is 27.4. The lowest BCUT2D eigenvalue weighted by Crippen LogP contribution is -2.28. The smallest absolute Gasteiger partial charge is 0.165 e. The van der Waals surface area contributed by atoms with Gasteiger partial charge in [-0.15, -0.1) is 0 Å². The predicted molar refractivity (Wildman–Crippen MR) is 193 cm³/mol. The molecule has 1 aliphatic carbocycles. The molecule has 1 unspecified atom stereocenters. The lowest BCUT2D eigenvalue weighted by atomic mass is 9.67. The standard InChI is InChI=1S/C43H40N4/c1-4-43(26-29(2)19-20-30(3)27-43)39-24-23-35(37-17-11-12-18-38(37)39)33-21-22-36(34(25-33)28-44)42-46-40(31-13-7-5-8-14-31)45-41(47-42)32-15-9-6-10-16-32/h5-18,21-25,29-30H,4,19-20,26-27H2,1-3H3/t29-,30+,43?. The molecule has 232 valence electrons. The first-order valence-electron chi connectivity index (χ1n) is 16.9. The van der Waals surface area contributed by atoms with E-state index in [0.717, 1.165) is 28.7 Å². The number of hydrogen-bond acceptors (Lipinski definition) is 4. The van der Waals surface area contributed by atoms with Gasteiger partial charge in [0.2, 0.25) is 0 Å².